The molecule has 8 heteroatoms. The fourth-order valence-electron chi connectivity index (χ4n) is 2.41. The SMILES string of the molecule is Cc1nnc(N2CCS(=O)(=O)CC2C)c(C(N)=S)c1C. The summed E-state index contributed by atoms with van der Waals surface area (Å²) < 4.78 is 23.3. The Kier molecular flexibility index (Phi) is 3.97. The van der Waals surface area contributed by atoms with Gasteiger partial charge in [-0.3, -0.25) is 0 Å². The standard InChI is InChI=1S/C12H18N4O2S2/c1-7-6-20(17,18)5-4-16(7)12-10(11(13)19)8(2)9(3)14-15-12/h7H,4-6H2,1-3H3,(H2,13,19). The van der Waals surface area contributed by atoms with Crippen molar-refractivity contribution in [2.24, 2.45) is 5.73 Å². The number of aryl methyl sites for hydroxylation is 1. The molecule has 1 saturated heterocycles. The van der Waals surface area contributed by atoms with Gasteiger partial charge in [-0.2, -0.15) is 5.10 Å². The minimum atomic E-state index is -2.98. The van der Waals surface area contributed by atoms with Crippen molar-refractivity contribution in [3.8, 4) is 0 Å². The highest BCUT2D eigenvalue weighted by Gasteiger charge is 2.31. The maximum atomic E-state index is 11.7. The molecule has 1 aromatic heterocycles. The molecule has 1 unspecified atom stereocenters. The van der Waals surface area contributed by atoms with Gasteiger partial charge < -0.3 is 10.6 Å². The number of hydrogen-bond donors (Lipinski definition) is 1. The number of aromatic nitrogens is 2. The molecule has 6 nitrogen and oxygen atoms in total. The van der Waals surface area contributed by atoms with Crippen molar-refractivity contribution >= 4 is 32.9 Å². The summed E-state index contributed by atoms with van der Waals surface area (Å²) in [6, 6.07) is -0.168. The minimum absolute atomic E-state index is 0.110. The summed E-state index contributed by atoms with van der Waals surface area (Å²) in [7, 11) is -2.98. The minimum Gasteiger partial charge on any atom is -0.389 e. The summed E-state index contributed by atoms with van der Waals surface area (Å²) in [5.41, 5.74) is 8.17. The molecule has 0 radical (unpaired) electrons. The molecule has 0 amide bonds. The molecule has 0 aromatic carbocycles. The lowest BCUT2D eigenvalue weighted by molar-refractivity contribution is 0.565. The molecule has 20 heavy (non-hydrogen) atoms. The van der Waals surface area contributed by atoms with Crippen molar-refractivity contribution in [1.29, 1.82) is 0 Å². The zero-order chi connectivity index (χ0) is 15.1. The molecule has 0 bridgehead atoms. The van der Waals surface area contributed by atoms with Gasteiger partial charge in [0.15, 0.2) is 15.7 Å². The normalized spacial score (nSPS) is 21.8. The van der Waals surface area contributed by atoms with E-state index in [9.17, 15) is 8.42 Å². The Bertz CT molecular complexity index is 658. The second-order valence-electron chi connectivity index (χ2n) is 5.13. The Morgan fingerprint density at radius 2 is 2.05 bits per heavy atom. The summed E-state index contributed by atoms with van der Waals surface area (Å²) in [5, 5.41) is 8.31. The summed E-state index contributed by atoms with van der Waals surface area (Å²) in [4.78, 5) is 2.19. The smallest absolute Gasteiger partial charge is 0.162 e. The lowest BCUT2D eigenvalue weighted by Gasteiger charge is -2.35. The van der Waals surface area contributed by atoms with E-state index in [0.29, 0.717) is 17.9 Å². The Morgan fingerprint density at radius 3 is 2.60 bits per heavy atom. The number of nitrogens with two attached hydrogens (primary N) is 1. The van der Waals surface area contributed by atoms with E-state index in [-0.39, 0.29) is 22.5 Å². The van der Waals surface area contributed by atoms with Gasteiger partial charge in [0.2, 0.25) is 0 Å². The number of anilines is 1. The molecule has 1 aromatic rings. The van der Waals surface area contributed by atoms with E-state index < -0.39 is 9.84 Å². The molecule has 1 aliphatic heterocycles. The molecule has 1 fully saturated rings. The zero-order valence-electron chi connectivity index (χ0n) is 11.8. The topological polar surface area (TPSA) is 89.2 Å². The first-order chi connectivity index (χ1) is 9.23. The van der Waals surface area contributed by atoms with Gasteiger partial charge in [0.25, 0.3) is 0 Å². The first-order valence-electron chi connectivity index (χ1n) is 6.33. The third kappa shape index (κ3) is 2.76. The average molecular weight is 314 g/mol. The highest BCUT2D eigenvalue weighted by molar-refractivity contribution is 7.91. The highest BCUT2D eigenvalue weighted by Crippen LogP contribution is 2.26. The predicted molar refractivity (Wildman–Crippen MR) is 82.9 cm³/mol. The second kappa shape index (κ2) is 5.25. The van der Waals surface area contributed by atoms with Gasteiger partial charge >= 0.3 is 0 Å². The quantitative estimate of drug-likeness (QED) is 0.788. The first kappa shape index (κ1) is 15.1. The number of nitrogens with zero attached hydrogens (tertiary/aromatic N) is 3. The molecule has 0 spiro atoms. The van der Waals surface area contributed by atoms with E-state index in [0.717, 1.165) is 11.3 Å². The van der Waals surface area contributed by atoms with Crippen LogP contribution in [0.1, 0.15) is 23.7 Å². The van der Waals surface area contributed by atoms with Crippen molar-refractivity contribution in [3.63, 3.8) is 0 Å². The molecule has 0 saturated carbocycles. The maximum absolute atomic E-state index is 11.7. The van der Waals surface area contributed by atoms with Crippen LogP contribution < -0.4 is 10.6 Å². The molecular weight excluding hydrogens is 296 g/mol. The number of hydrogen-bond acceptors (Lipinski definition) is 6. The molecule has 2 heterocycles. The molecule has 2 rings (SSSR count). The number of rotatable bonds is 2. The largest absolute Gasteiger partial charge is 0.389 e. The zero-order valence-corrected chi connectivity index (χ0v) is 13.4. The first-order valence-corrected chi connectivity index (χ1v) is 8.56. The van der Waals surface area contributed by atoms with Crippen LogP contribution in [0.25, 0.3) is 0 Å². The van der Waals surface area contributed by atoms with Gasteiger partial charge in [-0.1, -0.05) is 12.2 Å². The lowest BCUT2D eigenvalue weighted by atomic mass is 10.1. The van der Waals surface area contributed by atoms with Gasteiger partial charge in [0.05, 0.1) is 22.8 Å². The van der Waals surface area contributed by atoms with Gasteiger partial charge in [-0.25, -0.2) is 8.42 Å². The Hall–Kier alpha value is -1.28. The summed E-state index contributed by atoms with van der Waals surface area (Å²) >= 11 is 5.11. The van der Waals surface area contributed by atoms with E-state index in [1.807, 2.05) is 25.7 Å². The molecule has 0 aliphatic carbocycles. The summed E-state index contributed by atoms with van der Waals surface area (Å²) in [5.74, 6) is 0.809. The fraction of sp³-hybridized carbons (Fsp3) is 0.583. The van der Waals surface area contributed by atoms with E-state index in [1.165, 1.54) is 0 Å². The Labute approximate surface area is 124 Å². The third-order valence-corrected chi connectivity index (χ3v) is 5.62. The van der Waals surface area contributed by atoms with Crippen LogP contribution in [0, 0.1) is 13.8 Å². The van der Waals surface area contributed by atoms with Crippen LogP contribution in [0.2, 0.25) is 0 Å². The average Bonchev–Trinajstić information content (AvgIpc) is 2.31. The summed E-state index contributed by atoms with van der Waals surface area (Å²) in [6.45, 7) is 5.98. The highest BCUT2D eigenvalue weighted by atomic mass is 32.2. The number of sulfone groups is 1. The number of thiocarbonyl (C=S) groups is 1. The van der Waals surface area contributed by atoms with Crippen LogP contribution in [0.3, 0.4) is 0 Å². The monoisotopic (exact) mass is 314 g/mol. The maximum Gasteiger partial charge on any atom is 0.162 e. The van der Waals surface area contributed by atoms with Gasteiger partial charge in [-0.05, 0) is 26.3 Å². The van der Waals surface area contributed by atoms with E-state index in [1.54, 1.807) is 0 Å². The van der Waals surface area contributed by atoms with Crippen LogP contribution in [0.5, 0.6) is 0 Å². The second-order valence-corrected chi connectivity index (χ2v) is 7.80. The van der Waals surface area contributed by atoms with Crippen LogP contribution in [-0.2, 0) is 9.84 Å². The Balaban J connectivity index is 2.49. The van der Waals surface area contributed by atoms with E-state index in [2.05, 4.69) is 10.2 Å². The summed E-state index contributed by atoms with van der Waals surface area (Å²) in [6.07, 6.45) is 0. The lowest BCUT2D eigenvalue weighted by Crippen LogP contribution is -2.48. The Morgan fingerprint density at radius 1 is 1.40 bits per heavy atom. The van der Waals surface area contributed by atoms with Crippen LogP contribution in [0.15, 0.2) is 0 Å². The van der Waals surface area contributed by atoms with Crippen molar-refractivity contribution < 1.29 is 8.42 Å². The molecule has 110 valence electrons. The van der Waals surface area contributed by atoms with Crippen molar-refractivity contribution in [2.45, 2.75) is 26.8 Å². The van der Waals surface area contributed by atoms with Gasteiger partial charge in [-0.15, -0.1) is 5.10 Å². The van der Waals surface area contributed by atoms with Gasteiger partial charge in [0.1, 0.15) is 4.99 Å². The van der Waals surface area contributed by atoms with Crippen molar-refractivity contribution in [1.82, 2.24) is 10.2 Å². The van der Waals surface area contributed by atoms with Crippen LogP contribution in [-0.4, -0.2) is 47.7 Å². The van der Waals surface area contributed by atoms with Crippen molar-refractivity contribution in [2.75, 3.05) is 23.0 Å². The van der Waals surface area contributed by atoms with Crippen molar-refractivity contribution in [3.05, 3.63) is 16.8 Å². The molecule has 1 atom stereocenters. The predicted octanol–water partition coefficient (Wildman–Crippen LogP) is 0.351. The van der Waals surface area contributed by atoms with Crippen LogP contribution in [0.4, 0.5) is 5.82 Å². The fourth-order valence-corrected chi connectivity index (χ4v) is 4.21. The van der Waals surface area contributed by atoms with Crippen LogP contribution >= 0.6 is 12.2 Å². The molecule has 1 aliphatic rings. The molecular formula is C12H18N4O2S2. The van der Waals surface area contributed by atoms with E-state index in [4.69, 9.17) is 18.0 Å². The molecule has 2 N–H and O–H groups in total. The van der Waals surface area contributed by atoms with E-state index >= 15 is 0 Å². The van der Waals surface area contributed by atoms with Gasteiger partial charge in [0, 0.05) is 12.6 Å². The third-order valence-electron chi connectivity index (χ3n) is 3.62.